The molecule has 0 radical (unpaired) electrons. The molecule has 4 nitrogen and oxygen atoms in total. The van der Waals surface area contributed by atoms with Gasteiger partial charge in [0.25, 0.3) is 5.91 Å². The molecule has 3 aromatic rings. The number of nitrogens with one attached hydrogen (secondary N) is 1. The van der Waals surface area contributed by atoms with Crippen LogP contribution in [0.4, 0.5) is 0 Å². The van der Waals surface area contributed by atoms with Crippen molar-refractivity contribution in [1.29, 1.82) is 0 Å². The van der Waals surface area contributed by atoms with E-state index in [1.165, 1.54) is 11.3 Å². The van der Waals surface area contributed by atoms with Gasteiger partial charge in [-0.05, 0) is 24.3 Å². The maximum Gasteiger partial charge on any atom is 0.252 e. The third-order valence-electron chi connectivity index (χ3n) is 3.38. The van der Waals surface area contributed by atoms with Crippen molar-refractivity contribution in [3.63, 3.8) is 0 Å². The summed E-state index contributed by atoms with van der Waals surface area (Å²) in [4.78, 5) is 18.1. The highest BCUT2D eigenvalue weighted by Crippen LogP contribution is 2.32. The van der Waals surface area contributed by atoms with Crippen molar-refractivity contribution in [2.75, 3.05) is 20.3 Å². The smallest absolute Gasteiger partial charge is 0.252 e. The quantitative estimate of drug-likeness (QED) is 0.710. The number of nitrogens with zero attached hydrogens (tertiary/aromatic N) is 1. The summed E-state index contributed by atoms with van der Waals surface area (Å²) in [5, 5.41) is 3.69. The van der Waals surface area contributed by atoms with Gasteiger partial charge in [0.2, 0.25) is 0 Å². The molecule has 3 rings (SSSR count). The van der Waals surface area contributed by atoms with Crippen LogP contribution in [0.1, 0.15) is 10.4 Å². The van der Waals surface area contributed by atoms with Crippen molar-refractivity contribution < 1.29 is 9.53 Å². The van der Waals surface area contributed by atoms with Gasteiger partial charge in [0.1, 0.15) is 0 Å². The minimum atomic E-state index is -0.135. The number of benzene rings is 1. The van der Waals surface area contributed by atoms with Crippen LogP contribution in [0, 0.1) is 0 Å². The number of aromatic nitrogens is 1. The number of methoxy groups -OCH3 is 1. The lowest BCUT2D eigenvalue weighted by atomic mass is 10.1. The molecular weight excluding hydrogens is 332 g/mol. The largest absolute Gasteiger partial charge is 0.383 e. The monoisotopic (exact) mass is 346 g/mol. The van der Waals surface area contributed by atoms with Crippen LogP contribution in [0.3, 0.4) is 0 Å². The summed E-state index contributed by atoms with van der Waals surface area (Å²) in [7, 11) is 1.60. The van der Waals surface area contributed by atoms with Crippen LogP contribution >= 0.6 is 22.9 Å². The van der Waals surface area contributed by atoms with E-state index in [1.54, 1.807) is 7.11 Å². The minimum absolute atomic E-state index is 0.135. The average molecular weight is 347 g/mol. The molecule has 1 aromatic carbocycles. The van der Waals surface area contributed by atoms with Gasteiger partial charge >= 0.3 is 0 Å². The van der Waals surface area contributed by atoms with Gasteiger partial charge in [-0.2, -0.15) is 0 Å². The maximum atomic E-state index is 12.5. The van der Waals surface area contributed by atoms with Gasteiger partial charge in [-0.25, -0.2) is 4.98 Å². The van der Waals surface area contributed by atoms with E-state index < -0.39 is 0 Å². The van der Waals surface area contributed by atoms with Crippen LogP contribution in [-0.4, -0.2) is 31.2 Å². The molecule has 0 spiro atoms. The molecule has 23 heavy (non-hydrogen) atoms. The van der Waals surface area contributed by atoms with Crippen molar-refractivity contribution in [2.24, 2.45) is 0 Å². The first kappa shape index (κ1) is 15.9. The Balaban J connectivity index is 2.05. The van der Waals surface area contributed by atoms with E-state index in [0.29, 0.717) is 23.1 Å². The highest BCUT2D eigenvalue weighted by Gasteiger charge is 2.14. The molecule has 118 valence electrons. The lowest BCUT2D eigenvalue weighted by Crippen LogP contribution is -2.27. The van der Waals surface area contributed by atoms with E-state index >= 15 is 0 Å². The van der Waals surface area contributed by atoms with Crippen molar-refractivity contribution in [2.45, 2.75) is 0 Å². The molecule has 1 amide bonds. The van der Waals surface area contributed by atoms with Crippen molar-refractivity contribution in [1.82, 2.24) is 10.3 Å². The first-order valence-electron chi connectivity index (χ1n) is 7.11. The summed E-state index contributed by atoms with van der Waals surface area (Å²) in [5.74, 6) is -0.135. The van der Waals surface area contributed by atoms with Gasteiger partial charge in [-0.1, -0.05) is 29.8 Å². The second-order valence-corrected chi connectivity index (χ2v) is 6.64. The second-order valence-electron chi connectivity index (χ2n) is 4.92. The lowest BCUT2D eigenvalue weighted by molar-refractivity contribution is 0.0938. The zero-order valence-electron chi connectivity index (χ0n) is 12.5. The van der Waals surface area contributed by atoms with Crippen molar-refractivity contribution in [3.05, 3.63) is 52.4 Å². The summed E-state index contributed by atoms with van der Waals surface area (Å²) in [5.41, 5.74) is 2.13. The fourth-order valence-electron chi connectivity index (χ4n) is 2.30. The van der Waals surface area contributed by atoms with Crippen LogP contribution in [0.25, 0.3) is 21.5 Å². The molecule has 0 saturated heterocycles. The van der Waals surface area contributed by atoms with Crippen LogP contribution in [0.5, 0.6) is 0 Å². The first-order valence-corrected chi connectivity index (χ1v) is 8.31. The molecule has 0 unspecified atom stereocenters. The fourth-order valence-corrected chi connectivity index (χ4v) is 3.31. The van der Waals surface area contributed by atoms with E-state index in [0.717, 1.165) is 21.5 Å². The number of fused-ring (bicyclic) bond motifs is 1. The molecule has 0 fully saturated rings. The molecule has 0 aliphatic heterocycles. The molecule has 1 N–H and O–H groups in total. The van der Waals surface area contributed by atoms with Crippen LogP contribution in [0.2, 0.25) is 4.34 Å². The highest BCUT2D eigenvalue weighted by atomic mass is 35.5. The van der Waals surface area contributed by atoms with Gasteiger partial charge in [0.15, 0.2) is 0 Å². The Bertz CT molecular complexity index is 847. The van der Waals surface area contributed by atoms with E-state index in [2.05, 4.69) is 10.3 Å². The zero-order chi connectivity index (χ0) is 16.2. The second kappa shape index (κ2) is 7.08. The number of hydrogen-bond donors (Lipinski definition) is 1. The van der Waals surface area contributed by atoms with Crippen molar-refractivity contribution in [3.8, 4) is 10.6 Å². The molecule has 0 aliphatic carbocycles. The molecule has 0 atom stereocenters. The number of amides is 1. The van der Waals surface area contributed by atoms with E-state index in [4.69, 9.17) is 16.3 Å². The molecular formula is C17H15ClN2O2S. The van der Waals surface area contributed by atoms with Crippen LogP contribution in [-0.2, 0) is 4.74 Å². The van der Waals surface area contributed by atoms with E-state index in [-0.39, 0.29) is 5.91 Å². The Morgan fingerprint density at radius 3 is 2.87 bits per heavy atom. The third-order valence-corrected chi connectivity index (χ3v) is 4.63. The number of thiophene rings is 1. The third kappa shape index (κ3) is 3.52. The Hall–Kier alpha value is -1.95. The Labute approximate surface area is 143 Å². The molecule has 0 bridgehead atoms. The average Bonchev–Trinajstić information content (AvgIpc) is 3.00. The number of carbonyl (C=O) groups excluding carboxylic acids is 1. The number of carbonyl (C=O) groups is 1. The SMILES string of the molecule is COCCNC(=O)c1cc(-c2ccc(Cl)s2)nc2ccccc12. The van der Waals surface area contributed by atoms with Crippen LogP contribution in [0.15, 0.2) is 42.5 Å². The Morgan fingerprint density at radius 2 is 2.13 bits per heavy atom. The summed E-state index contributed by atoms with van der Waals surface area (Å²) in [6.07, 6.45) is 0. The van der Waals surface area contributed by atoms with Gasteiger partial charge in [-0.15, -0.1) is 11.3 Å². The minimum Gasteiger partial charge on any atom is -0.383 e. The number of hydrogen-bond acceptors (Lipinski definition) is 4. The number of halogens is 1. The summed E-state index contributed by atoms with van der Waals surface area (Å²) >= 11 is 7.46. The van der Waals surface area contributed by atoms with E-state index in [1.807, 2.05) is 42.5 Å². The molecule has 0 saturated carbocycles. The lowest BCUT2D eigenvalue weighted by Gasteiger charge is -2.09. The summed E-state index contributed by atoms with van der Waals surface area (Å²) in [6, 6.07) is 13.2. The Morgan fingerprint density at radius 1 is 1.30 bits per heavy atom. The van der Waals surface area contributed by atoms with Crippen LogP contribution < -0.4 is 5.32 Å². The molecule has 2 aromatic heterocycles. The maximum absolute atomic E-state index is 12.5. The normalized spacial score (nSPS) is 10.9. The number of ether oxygens (including phenoxy) is 1. The number of rotatable bonds is 5. The first-order chi connectivity index (χ1) is 11.2. The number of pyridine rings is 1. The van der Waals surface area contributed by atoms with E-state index in [9.17, 15) is 4.79 Å². The van der Waals surface area contributed by atoms with Gasteiger partial charge in [0.05, 0.1) is 32.6 Å². The van der Waals surface area contributed by atoms with Crippen molar-refractivity contribution >= 4 is 39.7 Å². The standard InChI is InChI=1S/C17H15ClN2O2S/c1-22-9-8-19-17(21)12-10-14(15-6-7-16(18)23-15)20-13-5-3-2-4-11(12)13/h2-7,10H,8-9H2,1H3,(H,19,21). The molecule has 2 heterocycles. The predicted octanol–water partition coefficient (Wildman–Crippen LogP) is 3.99. The van der Waals surface area contributed by atoms with Gasteiger partial charge < -0.3 is 10.1 Å². The number of para-hydroxylation sites is 1. The van der Waals surface area contributed by atoms with Gasteiger partial charge in [0, 0.05) is 19.0 Å². The zero-order valence-corrected chi connectivity index (χ0v) is 14.1. The fraction of sp³-hybridized carbons (Fsp3) is 0.176. The topological polar surface area (TPSA) is 51.2 Å². The highest BCUT2D eigenvalue weighted by molar-refractivity contribution is 7.19. The summed E-state index contributed by atoms with van der Waals surface area (Å²) < 4.78 is 5.67. The predicted molar refractivity (Wildman–Crippen MR) is 94.3 cm³/mol. The molecule has 0 aliphatic rings. The summed E-state index contributed by atoms with van der Waals surface area (Å²) in [6.45, 7) is 0.939. The Kier molecular flexibility index (Phi) is 4.91. The van der Waals surface area contributed by atoms with Gasteiger partial charge in [-0.3, -0.25) is 4.79 Å². The molecule has 6 heteroatoms.